The highest BCUT2D eigenvalue weighted by molar-refractivity contribution is 5.26. The number of rotatable bonds is 7. The van der Waals surface area contributed by atoms with E-state index in [2.05, 4.69) is 0 Å². The summed E-state index contributed by atoms with van der Waals surface area (Å²) in [7, 11) is 1.65. The molecule has 6 heteroatoms. The molecular formula is C20H30O6. The second-order valence-corrected chi connectivity index (χ2v) is 7.48. The number of aliphatic hydroxyl groups is 1. The minimum Gasteiger partial charge on any atom is -0.497 e. The van der Waals surface area contributed by atoms with Crippen molar-refractivity contribution in [1.82, 2.24) is 0 Å². The van der Waals surface area contributed by atoms with Crippen molar-refractivity contribution in [3.8, 4) is 5.75 Å². The van der Waals surface area contributed by atoms with Crippen LogP contribution >= 0.6 is 0 Å². The first-order valence-corrected chi connectivity index (χ1v) is 9.31. The van der Waals surface area contributed by atoms with Crippen LogP contribution in [0.5, 0.6) is 5.75 Å². The maximum absolute atomic E-state index is 10.2. The fourth-order valence-corrected chi connectivity index (χ4v) is 3.48. The molecule has 0 aromatic heterocycles. The largest absolute Gasteiger partial charge is 0.497 e. The lowest BCUT2D eigenvalue weighted by Crippen LogP contribution is -2.44. The van der Waals surface area contributed by atoms with Gasteiger partial charge in [-0.1, -0.05) is 12.1 Å². The summed E-state index contributed by atoms with van der Waals surface area (Å²) in [4.78, 5) is 0. The minimum atomic E-state index is -0.576. The SMILES string of the molecule is COc1ccc(COCC[C@@H]2C[C@@H](O)C[C@H]([C@@H]3COC(C)(C)O3)O2)cc1. The second kappa shape index (κ2) is 8.67. The Morgan fingerprint density at radius 3 is 2.58 bits per heavy atom. The highest BCUT2D eigenvalue weighted by Crippen LogP contribution is 2.31. The van der Waals surface area contributed by atoms with Gasteiger partial charge in [-0.25, -0.2) is 0 Å². The molecule has 146 valence electrons. The number of hydrogen-bond donors (Lipinski definition) is 1. The first kappa shape index (κ1) is 19.6. The van der Waals surface area contributed by atoms with Crippen molar-refractivity contribution < 1.29 is 28.8 Å². The highest BCUT2D eigenvalue weighted by atomic mass is 16.7. The van der Waals surface area contributed by atoms with Gasteiger partial charge in [0.25, 0.3) is 0 Å². The topological polar surface area (TPSA) is 66.4 Å². The molecular weight excluding hydrogens is 336 g/mol. The Morgan fingerprint density at radius 1 is 1.15 bits per heavy atom. The first-order valence-electron chi connectivity index (χ1n) is 9.31. The van der Waals surface area contributed by atoms with Crippen LogP contribution in [0, 0.1) is 0 Å². The molecule has 2 aliphatic heterocycles. The number of benzene rings is 1. The third-order valence-electron chi connectivity index (χ3n) is 4.86. The molecule has 0 unspecified atom stereocenters. The van der Waals surface area contributed by atoms with E-state index in [1.165, 1.54) is 0 Å². The van der Waals surface area contributed by atoms with E-state index in [0.717, 1.165) is 17.7 Å². The number of ether oxygens (including phenoxy) is 5. The number of hydrogen-bond acceptors (Lipinski definition) is 6. The van der Waals surface area contributed by atoms with Gasteiger partial charge in [0.1, 0.15) is 11.9 Å². The van der Waals surface area contributed by atoms with Crippen LogP contribution < -0.4 is 4.74 Å². The van der Waals surface area contributed by atoms with Crippen molar-refractivity contribution >= 4 is 0 Å². The lowest BCUT2D eigenvalue weighted by molar-refractivity contribution is -0.182. The van der Waals surface area contributed by atoms with Gasteiger partial charge < -0.3 is 28.8 Å². The summed E-state index contributed by atoms with van der Waals surface area (Å²) in [6.07, 6.45) is 1.34. The van der Waals surface area contributed by atoms with Crippen LogP contribution in [0.2, 0.25) is 0 Å². The fourth-order valence-electron chi connectivity index (χ4n) is 3.48. The van der Waals surface area contributed by atoms with Crippen LogP contribution in [0.3, 0.4) is 0 Å². The molecule has 1 aromatic carbocycles. The smallest absolute Gasteiger partial charge is 0.163 e. The Labute approximate surface area is 155 Å². The van der Waals surface area contributed by atoms with Gasteiger partial charge in [0.15, 0.2) is 5.79 Å². The maximum Gasteiger partial charge on any atom is 0.163 e. The molecule has 0 radical (unpaired) electrons. The predicted octanol–water partition coefficient (Wildman–Crippen LogP) is 2.66. The van der Waals surface area contributed by atoms with Crippen molar-refractivity contribution in [2.45, 2.75) is 69.9 Å². The molecule has 1 N–H and O–H groups in total. The molecule has 2 aliphatic rings. The molecule has 0 amide bonds. The van der Waals surface area contributed by atoms with Gasteiger partial charge >= 0.3 is 0 Å². The Hall–Kier alpha value is -1.18. The monoisotopic (exact) mass is 366 g/mol. The Bertz CT molecular complexity index is 558. The van der Waals surface area contributed by atoms with E-state index < -0.39 is 5.79 Å². The van der Waals surface area contributed by atoms with Crippen LogP contribution in [0.4, 0.5) is 0 Å². The molecule has 4 atom stereocenters. The lowest BCUT2D eigenvalue weighted by atomic mass is 9.96. The minimum absolute atomic E-state index is 0.0214. The molecule has 2 heterocycles. The van der Waals surface area contributed by atoms with E-state index in [-0.39, 0.29) is 24.4 Å². The zero-order chi connectivity index (χ0) is 18.6. The zero-order valence-corrected chi connectivity index (χ0v) is 15.8. The molecule has 1 aromatic rings. The summed E-state index contributed by atoms with van der Waals surface area (Å²) in [5.74, 6) is 0.263. The summed E-state index contributed by atoms with van der Waals surface area (Å²) in [5.41, 5.74) is 1.10. The third kappa shape index (κ3) is 5.41. The zero-order valence-electron chi connectivity index (χ0n) is 15.8. The van der Waals surface area contributed by atoms with Gasteiger partial charge in [-0.15, -0.1) is 0 Å². The molecule has 0 saturated carbocycles. The van der Waals surface area contributed by atoms with Gasteiger partial charge in [0.2, 0.25) is 0 Å². The number of methoxy groups -OCH3 is 1. The predicted molar refractivity (Wildman–Crippen MR) is 96.1 cm³/mol. The summed E-state index contributed by atoms with van der Waals surface area (Å²) < 4.78 is 28.6. The molecule has 2 saturated heterocycles. The van der Waals surface area contributed by atoms with Crippen molar-refractivity contribution in [3.63, 3.8) is 0 Å². The molecule has 0 bridgehead atoms. The Kier molecular flexibility index (Phi) is 6.53. The third-order valence-corrected chi connectivity index (χ3v) is 4.86. The van der Waals surface area contributed by atoms with Gasteiger partial charge in [-0.2, -0.15) is 0 Å². The Morgan fingerprint density at radius 2 is 1.92 bits per heavy atom. The van der Waals surface area contributed by atoms with Gasteiger partial charge in [0, 0.05) is 13.0 Å². The molecule has 3 rings (SSSR count). The Balaban J connectivity index is 1.41. The fraction of sp³-hybridized carbons (Fsp3) is 0.700. The van der Waals surface area contributed by atoms with Crippen molar-refractivity contribution in [2.24, 2.45) is 0 Å². The van der Waals surface area contributed by atoms with Crippen molar-refractivity contribution in [2.75, 3.05) is 20.3 Å². The molecule has 2 fully saturated rings. The van der Waals surface area contributed by atoms with Gasteiger partial charge in [0.05, 0.1) is 38.6 Å². The summed E-state index contributed by atoms with van der Waals surface area (Å²) >= 11 is 0. The normalized spacial score (nSPS) is 31.1. The van der Waals surface area contributed by atoms with E-state index in [0.29, 0.717) is 32.7 Å². The summed E-state index contributed by atoms with van der Waals surface area (Å²) in [6.45, 7) is 5.44. The van der Waals surface area contributed by atoms with Crippen LogP contribution in [0.25, 0.3) is 0 Å². The van der Waals surface area contributed by atoms with Crippen LogP contribution in [-0.2, 0) is 25.6 Å². The summed E-state index contributed by atoms with van der Waals surface area (Å²) in [6, 6.07) is 7.84. The quantitative estimate of drug-likeness (QED) is 0.749. The van der Waals surface area contributed by atoms with Crippen LogP contribution in [0.15, 0.2) is 24.3 Å². The number of aliphatic hydroxyl groups excluding tert-OH is 1. The molecule has 0 spiro atoms. The average molecular weight is 366 g/mol. The standard InChI is InChI=1S/C20H30O6/c1-20(2)24-13-19(26-20)18-11-15(21)10-17(25-18)8-9-23-12-14-4-6-16(22-3)7-5-14/h4-7,15,17-19,21H,8-13H2,1-3H3/t15-,17-,18-,19+/m1/s1. The van der Waals surface area contributed by atoms with E-state index in [4.69, 9.17) is 23.7 Å². The molecule has 0 aliphatic carbocycles. The van der Waals surface area contributed by atoms with Crippen molar-refractivity contribution in [1.29, 1.82) is 0 Å². The van der Waals surface area contributed by atoms with Gasteiger partial charge in [-0.3, -0.25) is 0 Å². The van der Waals surface area contributed by atoms with E-state index in [1.54, 1.807) is 7.11 Å². The van der Waals surface area contributed by atoms with Gasteiger partial charge in [-0.05, 0) is 44.4 Å². The molecule has 6 nitrogen and oxygen atoms in total. The first-order chi connectivity index (χ1) is 12.4. The highest BCUT2D eigenvalue weighted by Gasteiger charge is 2.41. The lowest BCUT2D eigenvalue weighted by Gasteiger charge is -2.35. The van der Waals surface area contributed by atoms with E-state index >= 15 is 0 Å². The van der Waals surface area contributed by atoms with E-state index in [9.17, 15) is 5.11 Å². The maximum atomic E-state index is 10.2. The summed E-state index contributed by atoms with van der Waals surface area (Å²) in [5, 5.41) is 10.2. The molecule has 26 heavy (non-hydrogen) atoms. The van der Waals surface area contributed by atoms with Crippen LogP contribution in [-0.4, -0.2) is 55.6 Å². The second-order valence-electron chi connectivity index (χ2n) is 7.48. The van der Waals surface area contributed by atoms with E-state index in [1.807, 2.05) is 38.1 Å². The average Bonchev–Trinajstić information content (AvgIpc) is 2.99. The van der Waals surface area contributed by atoms with Crippen LogP contribution in [0.1, 0.15) is 38.7 Å². The van der Waals surface area contributed by atoms with Crippen molar-refractivity contribution in [3.05, 3.63) is 29.8 Å².